The van der Waals surface area contributed by atoms with E-state index in [1.54, 1.807) is 7.11 Å². The highest BCUT2D eigenvalue weighted by Crippen LogP contribution is 2.33. The Morgan fingerprint density at radius 1 is 1.27 bits per heavy atom. The molecular weight excluding hydrogens is 326 g/mol. The van der Waals surface area contributed by atoms with Crippen LogP contribution in [0.25, 0.3) is 0 Å². The Morgan fingerprint density at radius 3 is 2.41 bits per heavy atom. The van der Waals surface area contributed by atoms with Gasteiger partial charge in [0.1, 0.15) is 11.6 Å². The zero-order valence-electron chi connectivity index (χ0n) is 13.5. The number of hydrogen-bond acceptors (Lipinski definition) is 3. The summed E-state index contributed by atoms with van der Waals surface area (Å²) in [6.07, 6.45) is 1.04. The number of nitrogens with zero attached hydrogens (tertiary/aromatic N) is 1. The Hall–Kier alpha value is -0.550. The minimum atomic E-state index is -0.159. The minimum Gasteiger partial charge on any atom is -0.497 e. The molecule has 2 atom stereocenters. The van der Waals surface area contributed by atoms with Crippen molar-refractivity contribution in [3.05, 3.63) is 29.6 Å². The smallest absolute Gasteiger partial charge is 0.131 e. The van der Waals surface area contributed by atoms with Gasteiger partial charge in [0.2, 0.25) is 0 Å². The molecule has 1 aromatic carbocycles. The van der Waals surface area contributed by atoms with Gasteiger partial charge in [-0.25, -0.2) is 4.39 Å². The predicted molar refractivity (Wildman–Crippen MR) is 94.1 cm³/mol. The van der Waals surface area contributed by atoms with Gasteiger partial charge < -0.3 is 10.1 Å². The molecule has 1 aliphatic heterocycles. The van der Waals surface area contributed by atoms with Gasteiger partial charge >= 0.3 is 0 Å². The number of hydrogen-bond donors (Lipinski definition) is 1. The Balaban J connectivity index is 0.00000220. The van der Waals surface area contributed by atoms with Crippen LogP contribution in [0.2, 0.25) is 0 Å². The summed E-state index contributed by atoms with van der Waals surface area (Å²) >= 11 is 0. The zero-order valence-corrected chi connectivity index (χ0v) is 15.1. The highest BCUT2D eigenvalue weighted by atomic mass is 35.5. The molecule has 1 unspecified atom stereocenters. The summed E-state index contributed by atoms with van der Waals surface area (Å²) in [7, 11) is 1.57. The van der Waals surface area contributed by atoms with Crippen molar-refractivity contribution in [2.75, 3.05) is 33.3 Å². The lowest BCUT2D eigenvalue weighted by Gasteiger charge is -2.38. The quantitative estimate of drug-likeness (QED) is 0.874. The largest absolute Gasteiger partial charge is 0.497 e. The van der Waals surface area contributed by atoms with E-state index >= 15 is 0 Å². The number of halogens is 3. The predicted octanol–water partition coefficient (Wildman–Crippen LogP) is 3.67. The second kappa shape index (κ2) is 10.3. The molecule has 128 valence electrons. The molecule has 1 N–H and O–H groups in total. The highest BCUT2D eigenvalue weighted by molar-refractivity contribution is 5.85. The summed E-state index contributed by atoms with van der Waals surface area (Å²) in [5.74, 6) is 0.846. The van der Waals surface area contributed by atoms with E-state index in [4.69, 9.17) is 4.74 Å². The molecule has 0 aliphatic carbocycles. The van der Waals surface area contributed by atoms with E-state index in [0.29, 0.717) is 11.7 Å². The SMILES string of the molecule is CCC(C)[C@H](c1ccc(OC)cc1F)N1CCNCC1.Cl.Cl. The molecule has 0 radical (unpaired) electrons. The summed E-state index contributed by atoms with van der Waals surface area (Å²) < 4.78 is 19.5. The number of ether oxygens (including phenoxy) is 1. The van der Waals surface area contributed by atoms with Crippen molar-refractivity contribution >= 4 is 24.8 Å². The van der Waals surface area contributed by atoms with E-state index in [9.17, 15) is 4.39 Å². The lowest BCUT2D eigenvalue weighted by Crippen LogP contribution is -2.46. The van der Waals surface area contributed by atoms with E-state index in [0.717, 1.165) is 38.2 Å². The summed E-state index contributed by atoms with van der Waals surface area (Å²) in [6, 6.07) is 5.38. The third kappa shape index (κ3) is 4.98. The first-order chi connectivity index (χ1) is 9.67. The normalized spacial score (nSPS) is 17.8. The van der Waals surface area contributed by atoms with Crippen molar-refractivity contribution in [2.24, 2.45) is 5.92 Å². The number of piperazine rings is 1. The second-order valence-corrected chi connectivity index (χ2v) is 5.50. The monoisotopic (exact) mass is 352 g/mol. The van der Waals surface area contributed by atoms with Crippen molar-refractivity contribution in [2.45, 2.75) is 26.3 Å². The number of nitrogens with one attached hydrogen (secondary N) is 1. The van der Waals surface area contributed by atoms with Gasteiger partial charge in [-0.1, -0.05) is 26.3 Å². The van der Waals surface area contributed by atoms with Gasteiger partial charge in [-0.3, -0.25) is 4.90 Å². The topological polar surface area (TPSA) is 24.5 Å². The lowest BCUT2D eigenvalue weighted by molar-refractivity contribution is 0.125. The molecule has 0 spiro atoms. The van der Waals surface area contributed by atoms with E-state index < -0.39 is 0 Å². The van der Waals surface area contributed by atoms with Crippen molar-refractivity contribution in [3.8, 4) is 5.75 Å². The first-order valence-corrected chi connectivity index (χ1v) is 7.45. The van der Waals surface area contributed by atoms with Crippen LogP contribution in [0.5, 0.6) is 5.75 Å². The Morgan fingerprint density at radius 2 is 1.91 bits per heavy atom. The molecule has 0 saturated carbocycles. The fraction of sp³-hybridized carbons (Fsp3) is 0.625. The molecule has 0 amide bonds. The van der Waals surface area contributed by atoms with Crippen molar-refractivity contribution in [1.82, 2.24) is 10.2 Å². The summed E-state index contributed by atoms with van der Waals surface area (Å²) in [5, 5.41) is 3.36. The Kier molecular flexibility index (Phi) is 10.0. The number of methoxy groups -OCH3 is 1. The molecule has 1 aromatic rings. The summed E-state index contributed by atoms with van der Waals surface area (Å²) in [4.78, 5) is 2.40. The number of rotatable bonds is 5. The third-order valence-electron chi connectivity index (χ3n) is 4.25. The van der Waals surface area contributed by atoms with Crippen LogP contribution in [0.3, 0.4) is 0 Å². The fourth-order valence-corrected chi connectivity index (χ4v) is 2.92. The standard InChI is InChI=1S/C16H25FN2O.2ClH/c1-4-12(2)16(19-9-7-18-8-10-19)14-6-5-13(20-3)11-15(14)17;;/h5-6,11-12,16,18H,4,7-10H2,1-3H3;2*1H/t12?,16-;;/m1../s1. The van der Waals surface area contributed by atoms with E-state index in [-0.39, 0.29) is 36.7 Å². The maximum atomic E-state index is 14.4. The van der Waals surface area contributed by atoms with Gasteiger partial charge in [-0.2, -0.15) is 0 Å². The first kappa shape index (κ1) is 21.4. The van der Waals surface area contributed by atoms with Crippen LogP contribution in [0.15, 0.2) is 18.2 Å². The van der Waals surface area contributed by atoms with Crippen LogP contribution < -0.4 is 10.1 Å². The molecule has 22 heavy (non-hydrogen) atoms. The summed E-state index contributed by atoms with van der Waals surface area (Å²) in [6.45, 7) is 8.27. The average molecular weight is 353 g/mol. The van der Waals surface area contributed by atoms with Crippen LogP contribution in [0, 0.1) is 11.7 Å². The zero-order chi connectivity index (χ0) is 14.5. The van der Waals surface area contributed by atoms with Gasteiger partial charge in [0.25, 0.3) is 0 Å². The van der Waals surface area contributed by atoms with Gasteiger partial charge in [0.15, 0.2) is 0 Å². The fourth-order valence-electron chi connectivity index (χ4n) is 2.92. The molecule has 1 aliphatic rings. The molecule has 3 nitrogen and oxygen atoms in total. The molecule has 0 aromatic heterocycles. The Labute approximate surface area is 145 Å². The number of benzene rings is 1. The van der Waals surface area contributed by atoms with Crippen LogP contribution in [-0.2, 0) is 0 Å². The molecule has 1 fully saturated rings. The molecule has 1 heterocycles. The molecule has 6 heteroatoms. The van der Waals surface area contributed by atoms with Gasteiger partial charge in [0, 0.05) is 43.9 Å². The van der Waals surface area contributed by atoms with Crippen LogP contribution in [0.1, 0.15) is 31.9 Å². The Bertz CT molecular complexity index is 442. The maximum absolute atomic E-state index is 14.4. The van der Waals surface area contributed by atoms with Crippen molar-refractivity contribution < 1.29 is 9.13 Å². The van der Waals surface area contributed by atoms with Crippen molar-refractivity contribution in [1.29, 1.82) is 0 Å². The highest BCUT2D eigenvalue weighted by Gasteiger charge is 2.28. The molecule has 0 bridgehead atoms. The molecular formula is C16H27Cl2FN2O. The first-order valence-electron chi connectivity index (χ1n) is 7.45. The van der Waals surface area contributed by atoms with E-state index in [1.807, 2.05) is 12.1 Å². The van der Waals surface area contributed by atoms with Gasteiger partial charge in [-0.05, 0) is 12.0 Å². The van der Waals surface area contributed by atoms with Crippen molar-refractivity contribution in [3.63, 3.8) is 0 Å². The van der Waals surface area contributed by atoms with Gasteiger partial charge in [-0.15, -0.1) is 24.8 Å². The average Bonchev–Trinajstić information content (AvgIpc) is 2.50. The van der Waals surface area contributed by atoms with Gasteiger partial charge in [0.05, 0.1) is 7.11 Å². The minimum absolute atomic E-state index is 0. The van der Waals surface area contributed by atoms with Crippen LogP contribution in [-0.4, -0.2) is 38.2 Å². The third-order valence-corrected chi connectivity index (χ3v) is 4.25. The second-order valence-electron chi connectivity index (χ2n) is 5.50. The van der Waals surface area contributed by atoms with E-state index in [2.05, 4.69) is 24.1 Å². The molecule has 2 rings (SSSR count). The lowest BCUT2D eigenvalue weighted by atomic mass is 9.90. The van der Waals surface area contributed by atoms with Crippen LogP contribution >= 0.6 is 24.8 Å². The molecule has 1 saturated heterocycles. The summed E-state index contributed by atoms with van der Waals surface area (Å²) in [5.41, 5.74) is 0.794. The van der Waals surface area contributed by atoms with Crippen LogP contribution in [0.4, 0.5) is 4.39 Å². The van der Waals surface area contributed by atoms with E-state index in [1.165, 1.54) is 6.07 Å². The maximum Gasteiger partial charge on any atom is 0.131 e.